The van der Waals surface area contributed by atoms with Gasteiger partial charge < -0.3 is 10.1 Å². The van der Waals surface area contributed by atoms with Gasteiger partial charge in [-0.3, -0.25) is 0 Å². The fourth-order valence-corrected chi connectivity index (χ4v) is 3.48. The third kappa shape index (κ3) is 3.94. The summed E-state index contributed by atoms with van der Waals surface area (Å²) in [7, 11) is 1.90. The van der Waals surface area contributed by atoms with Crippen molar-refractivity contribution in [3.05, 3.63) is 29.8 Å². The zero-order valence-electron chi connectivity index (χ0n) is 13.0. The SMILES string of the molecule is CNC(c1ccccc1OC(F)F)C1CCC(C)C(C)C1. The van der Waals surface area contributed by atoms with Crippen LogP contribution in [0.3, 0.4) is 0 Å². The Balaban J connectivity index is 2.21. The molecule has 0 saturated heterocycles. The van der Waals surface area contributed by atoms with Crippen LogP contribution in [0.25, 0.3) is 0 Å². The molecule has 2 rings (SSSR count). The lowest BCUT2D eigenvalue weighted by Crippen LogP contribution is -2.31. The van der Waals surface area contributed by atoms with E-state index in [4.69, 9.17) is 4.74 Å². The predicted octanol–water partition coefficient (Wildman–Crippen LogP) is 4.62. The summed E-state index contributed by atoms with van der Waals surface area (Å²) in [6, 6.07) is 7.20. The second-order valence-electron chi connectivity index (χ2n) is 6.21. The summed E-state index contributed by atoms with van der Waals surface area (Å²) in [5, 5.41) is 3.31. The van der Waals surface area contributed by atoms with Crippen LogP contribution < -0.4 is 10.1 Å². The number of ether oxygens (including phenoxy) is 1. The molecular formula is C17H25F2NO. The fourth-order valence-electron chi connectivity index (χ4n) is 3.48. The Labute approximate surface area is 125 Å². The van der Waals surface area contributed by atoms with Crippen LogP contribution in [0.15, 0.2) is 24.3 Å². The molecule has 1 aromatic rings. The quantitative estimate of drug-likeness (QED) is 0.856. The average Bonchev–Trinajstić information content (AvgIpc) is 2.44. The maximum atomic E-state index is 12.6. The van der Waals surface area contributed by atoms with Gasteiger partial charge in [0.2, 0.25) is 0 Å². The third-order valence-corrected chi connectivity index (χ3v) is 4.89. The highest BCUT2D eigenvalue weighted by molar-refractivity contribution is 5.36. The lowest BCUT2D eigenvalue weighted by Gasteiger charge is -2.37. The molecule has 4 unspecified atom stereocenters. The van der Waals surface area contributed by atoms with E-state index in [1.165, 1.54) is 6.42 Å². The monoisotopic (exact) mass is 297 g/mol. The van der Waals surface area contributed by atoms with Crippen LogP contribution >= 0.6 is 0 Å². The standard InChI is InChI=1S/C17H25F2NO/c1-11-8-9-13(10-12(11)2)16(20-3)14-6-4-5-7-15(14)21-17(18)19/h4-7,11-13,16-17,20H,8-10H2,1-3H3. The molecule has 1 N–H and O–H groups in total. The number of rotatable bonds is 5. The van der Waals surface area contributed by atoms with Gasteiger partial charge in [0.1, 0.15) is 5.75 Å². The topological polar surface area (TPSA) is 21.3 Å². The summed E-state index contributed by atoms with van der Waals surface area (Å²) in [5.41, 5.74) is 0.840. The van der Waals surface area contributed by atoms with Gasteiger partial charge in [0.05, 0.1) is 0 Å². The molecule has 2 nitrogen and oxygen atoms in total. The number of halogens is 2. The first-order chi connectivity index (χ1) is 10.0. The maximum absolute atomic E-state index is 12.6. The Morgan fingerprint density at radius 3 is 2.48 bits per heavy atom. The fraction of sp³-hybridized carbons (Fsp3) is 0.647. The van der Waals surface area contributed by atoms with E-state index in [2.05, 4.69) is 19.2 Å². The van der Waals surface area contributed by atoms with Crippen molar-refractivity contribution in [3.63, 3.8) is 0 Å². The van der Waals surface area contributed by atoms with E-state index in [1.807, 2.05) is 19.2 Å². The van der Waals surface area contributed by atoms with Crippen molar-refractivity contribution in [3.8, 4) is 5.75 Å². The molecule has 1 aromatic carbocycles. The van der Waals surface area contributed by atoms with Crippen LogP contribution in [-0.4, -0.2) is 13.7 Å². The van der Waals surface area contributed by atoms with Gasteiger partial charge in [-0.15, -0.1) is 0 Å². The first kappa shape index (κ1) is 16.2. The molecule has 0 aromatic heterocycles. The number of para-hydroxylation sites is 1. The van der Waals surface area contributed by atoms with Crippen molar-refractivity contribution in [1.82, 2.24) is 5.32 Å². The highest BCUT2D eigenvalue weighted by atomic mass is 19.3. The minimum atomic E-state index is -2.78. The van der Waals surface area contributed by atoms with E-state index in [0.29, 0.717) is 11.8 Å². The molecule has 118 valence electrons. The molecule has 1 fully saturated rings. The number of hydrogen-bond donors (Lipinski definition) is 1. The summed E-state index contributed by atoms with van der Waals surface area (Å²) in [4.78, 5) is 0. The molecular weight excluding hydrogens is 272 g/mol. The summed E-state index contributed by atoms with van der Waals surface area (Å²) < 4.78 is 29.9. The Kier molecular flexibility index (Phi) is 5.57. The highest BCUT2D eigenvalue weighted by Gasteiger charge is 2.31. The van der Waals surface area contributed by atoms with Crippen LogP contribution in [0.1, 0.15) is 44.7 Å². The molecule has 0 bridgehead atoms. The molecule has 4 atom stereocenters. The van der Waals surface area contributed by atoms with Gasteiger partial charge in [-0.1, -0.05) is 38.5 Å². The van der Waals surface area contributed by atoms with Crippen LogP contribution in [0.5, 0.6) is 5.75 Å². The van der Waals surface area contributed by atoms with Gasteiger partial charge in [0.15, 0.2) is 0 Å². The van der Waals surface area contributed by atoms with E-state index in [-0.39, 0.29) is 11.8 Å². The zero-order valence-corrected chi connectivity index (χ0v) is 13.0. The van der Waals surface area contributed by atoms with E-state index >= 15 is 0 Å². The molecule has 0 aliphatic heterocycles. The van der Waals surface area contributed by atoms with Gasteiger partial charge in [-0.05, 0) is 43.7 Å². The molecule has 0 spiro atoms. The van der Waals surface area contributed by atoms with E-state index < -0.39 is 6.61 Å². The van der Waals surface area contributed by atoms with Gasteiger partial charge >= 0.3 is 6.61 Å². The molecule has 1 aliphatic rings. The van der Waals surface area contributed by atoms with Crippen molar-refractivity contribution < 1.29 is 13.5 Å². The number of nitrogens with one attached hydrogen (secondary N) is 1. The van der Waals surface area contributed by atoms with E-state index in [0.717, 1.165) is 24.3 Å². The lowest BCUT2D eigenvalue weighted by molar-refractivity contribution is -0.0510. The summed E-state index contributed by atoms with van der Waals surface area (Å²) >= 11 is 0. The maximum Gasteiger partial charge on any atom is 0.387 e. The van der Waals surface area contributed by atoms with Gasteiger partial charge in [0.25, 0.3) is 0 Å². The minimum Gasteiger partial charge on any atom is -0.434 e. The first-order valence-corrected chi connectivity index (χ1v) is 7.74. The van der Waals surface area contributed by atoms with Crippen LogP contribution in [0.4, 0.5) is 8.78 Å². The van der Waals surface area contributed by atoms with Crippen molar-refractivity contribution >= 4 is 0 Å². The van der Waals surface area contributed by atoms with Crippen molar-refractivity contribution in [2.45, 2.75) is 45.8 Å². The lowest BCUT2D eigenvalue weighted by atomic mass is 9.72. The molecule has 0 heterocycles. The average molecular weight is 297 g/mol. The predicted molar refractivity (Wildman–Crippen MR) is 80.5 cm³/mol. The summed E-state index contributed by atoms with van der Waals surface area (Å²) in [6.07, 6.45) is 3.44. The molecule has 21 heavy (non-hydrogen) atoms. The van der Waals surface area contributed by atoms with Crippen molar-refractivity contribution in [2.75, 3.05) is 7.05 Å². The highest BCUT2D eigenvalue weighted by Crippen LogP contribution is 2.41. The van der Waals surface area contributed by atoms with Crippen LogP contribution in [-0.2, 0) is 0 Å². The van der Waals surface area contributed by atoms with Crippen LogP contribution in [0.2, 0.25) is 0 Å². The van der Waals surface area contributed by atoms with Crippen molar-refractivity contribution in [2.24, 2.45) is 17.8 Å². The second kappa shape index (κ2) is 7.21. The minimum absolute atomic E-state index is 0.0647. The zero-order chi connectivity index (χ0) is 15.4. The second-order valence-corrected chi connectivity index (χ2v) is 6.21. The Hall–Kier alpha value is -1.16. The van der Waals surface area contributed by atoms with Crippen molar-refractivity contribution in [1.29, 1.82) is 0 Å². The molecule has 1 aliphatic carbocycles. The Morgan fingerprint density at radius 1 is 1.14 bits per heavy atom. The third-order valence-electron chi connectivity index (χ3n) is 4.89. The summed E-state index contributed by atoms with van der Waals surface area (Å²) in [6.45, 7) is 1.79. The molecule has 0 radical (unpaired) electrons. The number of benzene rings is 1. The van der Waals surface area contributed by atoms with Gasteiger partial charge in [-0.2, -0.15) is 8.78 Å². The summed E-state index contributed by atoms with van der Waals surface area (Å²) in [5.74, 6) is 2.16. The number of alkyl halides is 2. The Morgan fingerprint density at radius 2 is 1.86 bits per heavy atom. The van der Waals surface area contributed by atoms with E-state index in [1.54, 1.807) is 12.1 Å². The van der Waals surface area contributed by atoms with Gasteiger partial charge in [-0.25, -0.2) is 0 Å². The molecule has 4 heteroatoms. The van der Waals surface area contributed by atoms with E-state index in [9.17, 15) is 8.78 Å². The number of hydrogen-bond acceptors (Lipinski definition) is 2. The Bertz CT molecular complexity index is 452. The largest absolute Gasteiger partial charge is 0.434 e. The smallest absolute Gasteiger partial charge is 0.387 e. The molecule has 0 amide bonds. The van der Waals surface area contributed by atoms with Gasteiger partial charge in [0, 0.05) is 11.6 Å². The first-order valence-electron chi connectivity index (χ1n) is 7.74. The molecule has 1 saturated carbocycles. The van der Waals surface area contributed by atoms with Crippen LogP contribution in [0, 0.1) is 17.8 Å². The normalized spacial score (nSPS) is 27.6.